The summed E-state index contributed by atoms with van der Waals surface area (Å²) in [4.78, 5) is 0. The lowest BCUT2D eigenvalue weighted by atomic mass is 9.87. The third-order valence-corrected chi connectivity index (χ3v) is 2.82. The second kappa shape index (κ2) is 3.72. The van der Waals surface area contributed by atoms with E-state index in [4.69, 9.17) is 4.74 Å². The molecule has 0 amide bonds. The summed E-state index contributed by atoms with van der Waals surface area (Å²) in [5.74, 6) is 0. The van der Waals surface area contributed by atoms with Gasteiger partial charge in [-0.1, -0.05) is 17.7 Å². The number of rotatable bonds is 1. The van der Waals surface area contributed by atoms with Crippen molar-refractivity contribution in [3.63, 3.8) is 0 Å². The molecule has 0 aromatic heterocycles. The van der Waals surface area contributed by atoms with Crippen molar-refractivity contribution in [1.29, 1.82) is 0 Å². The predicted octanol–water partition coefficient (Wildman–Crippen LogP) is -0.257. The standard InChI is InChI=1S/C11H16O4/c1-5(2)3-4-6-7(12)9(14)11-10(15-11)8(6)13/h3-4,7-14H,1-2H3/b6-4+/t7-,8+,9-,10+,11-/m0/s1. The van der Waals surface area contributed by atoms with Crippen molar-refractivity contribution in [3.05, 3.63) is 23.3 Å². The minimum absolute atomic E-state index is 0.347. The van der Waals surface area contributed by atoms with Crippen molar-refractivity contribution in [2.24, 2.45) is 0 Å². The van der Waals surface area contributed by atoms with Crippen LogP contribution >= 0.6 is 0 Å². The maximum Gasteiger partial charge on any atom is 0.117 e. The molecule has 2 aliphatic rings. The van der Waals surface area contributed by atoms with Gasteiger partial charge in [0.1, 0.15) is 30.5 Å². The van der Waals surface area contributed by atoms with Crippen LogP contribution in [0.2, 0.25) is 0 Å². The number of epoxide rings is 1. The molecule has 0 spiro atoms. The summed E-state index contributed by atoms with van der Waals surface area (Å²) in [6, 6.07) is 0. The normalized spacial score (nSPS) is 46.2. The molecule has 0 aromatic carbocycles. The molecule has 1 saturated heterocycles. The summed E-state index contributed by atoms with van der Waals surface area (Å²) in [6.45, 7) is 3.84. The van der Waals surface area contributed by atoms with Crippen molar-refractivity contribution < 1.29 is 20.1 Å². The Hall–Kier alpha value is -0.680. The molecule has 5 atom stereocenters. The maximum absolute atomic E-state index is 9.79. The van der Waals surface area contributed by atoms with E-state index in [9.17, 15) is 15.3 Å². The minimum atomic E-state index is -1.03. The lowest BCUT2D eigenvalue weighted by molar-refractivity contribution is 0.00450. The van der Waals surface area contributed by atoms with Crippen LogP contribution in [0.25, 0.3) is 0 Å². The van der Waals surface area contributed by atoms with Crippen LogP contribution in [-0.2, 0) is 4.74 Å². The summed E-state index contributed by atoms with van der Waals surface area (Å²) in [5, 5.41) is 29.1. The molecule has 2 rings (SSSR count). The Morgan fingerprint density at radius 1 is 1.13 bits per heavy atom. The largest absolute Gasteiger partial charge is 0.387 e. The number of ether oxygens (including phenoxy) is 1. The van der Waals surface area contributed by atoms with E-state index in [-0.39, 0.29) is 6.10 Å². The van der Waals surface area contributed by atoms with Crippen LogP contribution in [0.4, 0.5) is 0 Å². The Morgan fingerprint density at radius 2 is 1.80 bits per heavy atom. The molecule has 15 heavy (non-hydrogen) atoms. The van der Waals surface area contributed by atoms with Gasteiger partial charge in [0.05, 0.1) is 0 Å². The van der Waals surface area contributed by atoms with E-state index >= 15 is 0 Å². The van der Waals surface area contributed by atoms with Gasteiger partial charge in [-0.15, -0.1) is 0 Å². The molecule has 1 aliphatic carbocycles. The summed E-state index contributed by atoms with van der Waals surface area (Å²) in [6.07, 6.45) is -0.0409. The molecule has 0 radical (unpaired) electrons. The van der Waals surface area contributed by atoms with Gasteiger partial charge in [-0.25, -0.2) is 0 Å². The zero-order chi connectivity index (χ0) is 11.2. The van der Waals surface area contributed by atoms with E-state index in [1.165, 1.54) is 0 Å². The van der Waals surface area contributed by atoms with E-state index in [0.717, 1.165) is 5.57 Å². The number of hydrogen-bond acceptors (Lipinski definition) is 4. The second-order valence-corrected chi connectivity index (χ2v) is 4.36. The summed E-state index contributed by atoms with van der Waals surface area (Å²) < 4.78 is 5.09. The fourth-order valence-corrected chi connectivity index (χ4v) is 1.87. The summed E-state index contributed by atoms with van der Waals surface area (Å²) in [5.41, 5.74) is 1.50. The van der Waals surface area contributed by atoms with E-state index in [1.807, 2.05) is 13.8 Å². The number of aliphatic hydroxyl groups is 3. The molecule has 4 heteroatoms. The summed E-state index contributed by atoms with van der Waals surface area (Å²) >= 11 is 0. The topological polar surface area (TPSA) is 73.2 Å². The highest BCUT2D eigenvalue weighted by Crippen LogP contribution is 2.39. The van der Waals surface area contributed by atoms with Crippen molar-refractivity contribution >= 4 is 0 Å². The number of allylic oxidation sites excluding steroid dienone is 3. The van der Waals surface area contributed by atoms with Gasteiger partial charge in [-0.3, -0.25) is 0 Å². The van der Waals surface area contributed by atoms with Crippen LogP contribution in [0.1, 0.15) is 13.8 Å². The van der Waals surface area contributed by atoms with Gasteiger partial charge in [0.25, 0.3) is 0 Å². The number of hydrogen-bond donors (Lipinski definition) is 3. The smallest absolute Gasteiger partial charge is 0.117 e. The van der Waals surface area contributed by atoms with Gasteiger partial charge in [-0.2, -0.15) is 0 Å². The van der Waals surface area contributed by atoms with E-state index in [2.05, 4.69) is 0 Å². The predicted molar refractivity (Wildman–Crippen MR) is 54.2 cm³/mol. The first-order valence-corrected chi connectivity index (χ1v) is 5.07. The van der Waals surface area contributed by atoms with Crippen LogP contribution < -0.4 is 0 Å². The Kier molecular flexibility index (Phi) is 2.68. The van der Waals surface area contributed by atoms with E-state index < -0.39 is 24.4 Å². The van der Waals surface area contributed by atoms with Crippen LogP contribution in [0, 0.1) is 0 Å². The van der Waals surface area contributed by atoms with Crippen molar-refractivity contribution in [1.82, 2.24) is 0 Å². The molecular formula is C11H16O4. The zero-order valence-electron chi connectivity index (χ0n) is 8.79. The monoisotopic (exact) mass is 212 g/mol. The first kappa shape index (κ1) is 10.8. The first-order chi connectivity index (χ1) is 7.02. The van der Waals surface area contributed by atoms with E-state index in [1.54, 1.807) is 12.2 Å². The summed E-state index contributed by atoms with van der Waals surface area (Å²) in [7, 11) is 0. The molecule has 0 aromatic rings. The average Bonchev–Trinajstić information content (AvgIpc) is 2.94. The highest BCUT2D eigenvalue weighted by Gasteiger charge is 2.57. The van der Waals surface area contributed by atoms with Gasteiger partial charge in [0.15, 0.2) is 0 Å². The SMILES string of the molecule is CC(C)=C/C=C1/[C@@H](O)[C@H]2O[C@H]2[C@@H](O)[C@H]1O. The molecule has 0 bridgehead atoms. The Morgan fingerprint density at radius 3 is 2.40 bits per heavy atom. The highest BCUT2D eigenvalue weighted by atomic mass is 16.6. The van der Waals surface area contributed by atoms with Crippen LogP contribution in [0.5, 0.6) is 0 Å². The molecule has 1 aliphatic heterocycles. The molecule has 3 N–H and O–H groups in total. The van der Waals surface area contributed by atoms with Crippen molar-refractivity contribution in [2.45, 2.75) is 44.4 Å². The zero-order valence-corrected chi connectivity index (χ0v) is 8.79. The van der Waals surface area contributed by atoms with Crippen LogP contribution in [0.3, 0.4) is 0 Å². The lowest BCUT2D eigenvalue weighted by Gasteiger charge is -2.26. The van der Waals surface area contributed by atoms with Crippen LogP contribution in [-0.4, -0.2) is 45.8 Å². The first-order valence-electron chi connectivity index (χ1n) is 5.07. The van der Waals surface area contributed by atoms with Gasteiger partial charge < -0.3 is 20.1 Å². The van der Waals surface area contributed by atoms with Gasteiger partial charge in [0.2, 0.25) is 0 Å². The molecular weight excluding hydrogens is 196 g/mol. The van der Waals surface area contributed by atoms with E-state index in [0.29, 0.717) is 5.57 Å². The molecule has 84 valence electrons. The van der Waals surface area contributed by atoms with Gasteiger partial charge in [0, 0.05) is 0 Å². The average molecular weight is 212 g/mol. The molecule has 1 saturated carbocycles. The molecule has 1 heterocycles. The molecule has 2 fully saturated rings. The Bertz CT molecular complexity index is 317. The van der Waals surface area contributed by atoms with Crippen molar-refractivity contribution in [3.8, 4) is 0 Å². The van der Waals surface area contributed by atoms with Crippen molar-refractivity contribution in [2.75, 3.05) is 0 Å². The number of fused-ring (bicyclic) bond motifs is 1. The number of aliphatic hydroxyl groups excluding tert-OH is 3. The fourth-order valence-electron chi connectivity index (χ4n) is 1.87. The molecule has 0 unspecified atom stereocenters. The highest BCUT2D eigenvalue weighted by molar-refractivity contribution is 5.30. The maximum atomic E-state index is 9.79. The third-order valence-electron chi connectivity index (χ3n) is 2.82. The minimum Gasteiger partial charge on any atom is -0.387 e. The fraction of sp³-hybridized carbons (Fsp3) is 0.636. The second-order valence-electron chi connectivity index (χ2n) is 4.36. The third kappa shape index (κ3) is 1.86. The van der Waals surface area contributed by atoms with Crippen LogP contribution in [0.15, 0.2) is 23.3 Å². The molecule has 4 nitrogen and oxygen atoms in total. The lowest BCUT2D eigenvalue weighted by Crippen LogP contribution is -2.44. The Labute approximate surface area is 88.5 Å². The van der Waals surface area contributed by atoms with Gasteiger partial charge in [-0.05, 0) is 19.4 Å². The Balaban J connectivity index is 2.21. The quantitative estimate of drug-likeness (QED) is 0.524. The van der Waals surface area contributed by atoms with Gasteiger partial charge >= 0.3 is 0 Å².